The molecule has 1 aliphatic rings. The van der Waals surface area contributed by atoms with Gasteiger partial charge in [-0.25, -0.2) is 4.98 Å². The standard InChI is InChI=1S/C36H46N6OSi/c1-25(2)44(26(3)4,27(5)6)23-18-32-28(7)35(43)42(31-12-10-9-11-13-31)34-33(32)24-37-36(39-34)38-29-14-16-30(17-15-29)41-21-19-40(8)20-22-41/h9-17,24-27H,19-22H2,1-8H3,(H,37,38,39). The maximum atomic E-state index is 14.0. The molecule has 0 spiro atoms. The van der Waals surface area contributed by atoms with Crippen molar-refractivity contribution in [2.75, 3.05) is 43.4 Å². The summed E-state index contributed by atoms with van der Waals surface area (Å²) >= 11 is 0. The molecule has 1 fully saturated rings. The van der Waals surface area contributed by atoms with Crippen LogP contribution in [0, 0.1) is 18.4 Å². The number of pyridine rings is 1. The summed E-state index contributed by atoms with van der Waals surface area (Å²) in [4.78, 5) is 28.5. The highest BCUT2D eigenvalue weighted by atomic mass is 28.3. The fraction of sp³-hybridized carbons (Fsp3) is 0.417. The lowest BCUT2D eigenvalue weighted by molar-refractivity contribution is 0.313. The Balaban J connectivity index is 1.60. The van der Waals surface area contributed by atoms with Crippen LogP contribution in [0.4, 0.5) is 17.3 Å². The second-order valence-corrected chi connectivity index (χ2v) is 18.6. The zero-order valence-electron chi connectivity index (χ0n) is 27.5. The van der Waals surface area contributed by atoms with E-state index >= 15 is 0 Å². The Morgan fingerprint density at radius 2 is 1.45 bits per heavy atom. The van der Waals surface area contributed by atoms with Crippen LogP contribution in [0.5, 0.6) is 0 Å². The van der Waals surface area contributed by atoms with Crippen molar-refractivity contribution in [3.8, 4) is 17.2 Å². The Labute approximate surface area is 263 Å². The molecular weight excluding hydrogens is 561 g/mol. The van der Waals surface area contributed by atoms with Crippen LogP contribution < -0.4 is 15.8 Å². The number of fused-ring (bicyclic) bond motifs is 1. The fourth-order valence-corrected chi connectivity index (χ4v) is 12.1. The van der Waals surface area contributed by atoms with Crippen LogP contribution in [0.2, 0.25) is 16.6 Å². The molecule has 8 heteroatoms. The summed E-state index contributed by atoms with van der Waals surface area (Å²) < 4.78 is 1.69. The topological polar surface area (TPSA) is 66.3 Å². The quantitative estimate of drug-likeness (QED) is 0.178. The van der Waals surface area contributed by atoms with Gasteiger partial charge < -0.3 is 15.1 Å². The number of nitrogens with one attached hydrogen (secondary N) is 1. The number of benzene rings is 2. The molecule has 7 nitrogen and oxygen atoms in total. The Hall–Kier alpha value is -3.93. The lowest BCUT2D eigenvalue weighted by Crippen LogP contribution is -2.44. The van der Waals surface area contributed by atoms with E-state index in [0.29, 0.717) is 33.8 Å². The van der Waals surface area contributed by atoms with Crippen LogP contribution >= 0.6 is 0 Å². The van der Waals surface area contributed by atoms with Crippen LogP contribution in [0.25, 0.3) is 16.7 Å². The average molecular weight is 607 g/mol. The second kappa shape index (κ2) is 13.0. The molecule has 44 heavy (non-hydrogen) atoms. The fourth-order valence-electron chi connectivity index (χ4n) is 6.88. The molecule has 0 amide bonds. The van der Waals surface area contributed by atoms with Crippen LogP contribution in [0.15, 0.2) is 65.6 Å². The van der Waals surface area contributed by atoms with Crippen LogP contribution in [0.1, 0.15) is 52.7 Å². The Morgan fingerprint density at radius 1 is 0.841 bits per heavy atom. The van der Waals surface area contributed by atoms with Gasteiger partial charge in [0.25, 0.3) is 5.56 Å². The smallest absolute Gasteiger partial charge is 0.260 e. The first-order chi connectivity index (χ1) is 21.0. The molecule has 230 valence electrons. The summed E-state index contributed by atoms with van der Waals surface area (Å²) in [5, 5.41) is 4.16. The van der Waals surface area contributed by atoms with Gasteiger partial charge in [-0.3, -0.25) is 9.36 Å². The number of nitrogens with zero attached hydrogens (tertiary/aromatic N) is 5. The minimum atomic E-state index is -2.03. The van der Waals surface area contributed by atoms with Gasteiger partial charge in [-0.05, 0) is 67.0 Å². The van der Waals surface area contributed by atoms with Gasteiger partial charge in [0.05, 0.1) is 11.1 Å². The number of aromatic nitrogens is 3. The molecule has 0 radical (unpaired) electrons. The third-order valence-corrected chi connectivity index (χ3v) is 15.7. The molecule has 2 aromatic heterocycles. The van der Waals surface area contributed by atoms with Crippen molar-refractivity contribution < 1.29 is 0 Å². The van der Waals surface area contributed by atoms with E-state index in [2.05, 4.69) is 99.4 Å². The molecule has 2 aromatic carbocycles. The van der Waals surface area contributed by atoms with Crippen molar-refractivity contribution in [3.05, 3.63) is 82.3 Å². The first kappa shape index (κ1) is 31.5. The summed E-state index contributed by atoms with van der Waals surface area (Å²) in [7, 11) is 0.139. The first-order valence-electron chi connectivity index (χ1n) is 15.8. The molecule has 1 aliphatic heterocycles. The summed E-state index contributed by atoms with van der Waals surface area (Å²) in [5.41, 5.74) is 9.95. The lowest BCUT2D eigenvalue weighted by Gasteiger charge is -2.38. The van der Waals surface area contributed by atoms with E-state index in [1.54, 1.807) is 4.57 Å². The predicted molar refractivity (Wildman–Crippen MR) is 187 cm³/mol. The molecule has 4 aromatic rings. The molecule has 0 unspecified atom stereocenters. The van der Waals surface area contributed by atoms with E-state index in [0.717, 1.165) is 48.5 Å². The third kappa shape index (κ3) is 6.04. The molecule has 1 N–H and O–H groups in total. The second-order valence-electron chi connectivity index (χ2n) is 13.0. The summed E-state index contributed by atoms with van der Waals surface area (Å²) in [5.74, 6) is 4.00. The number of rotatable bonds is 7. The largest absolute Gasteiger partial charge is 0.369 e. The van der Waals surface area contributed by atoms with E-state index in [1.165, 1.54) is 5.69 Å². The zero-order valence-corrected chi connectivity index (χ0v) is 28.5. The molecule has 0 saturated carbocycles. The molecule has 5 rings (SSSR count). The van der Waals surface area contributed by atoms with Crippen molar-refractivity contribution >= 4 is 36.4 Å². The number of hydrogen-bond donors (Lipinski definition) is 1. The van der Waals surface area contributed by atoms with Gasteiger partial charge in [0.2, 0.25) is 5.95 Å². The van der Waals surface area contributed by atoms with Crippen LogP contribution in [0.3, 0.4) is 0 Å². The predicted octanol–water partition coefficient (Wildman–Crippen LogP) is 7.15. The van der Waals surface area contributed by atoms with Gasteiger partial charge >= 0.3 is 0 Å². The maximum absolute atomic E-state index is 14.0. The van der Waals surface area contributed by atoms with Gasteiger partial charge in [-0.1, -0.05) is 65.7 Å². The van der Waals surface area contributed by atoms with Crippen LogP contribution in [-0.4, -0.2) is 60.7 Å². The van der Waals surface area contributed by atoms with Crippen LogP contribution in [-0.2, 0) is 0 Å². The van der Waals surface area contributed by atoms with E-state index in [9.17, 15) is 4.79 Å². The molecule has 3 heterocycles. The number of likely N-dealkylation sites (N-methyl/N-ethyl adjacent to an activating group) is 1. The third-order valence-electron chi connectivity index (χ3n) is 9.42. The first-order valence-corrected chi connectivity index (χ1v) is 18.1. The van der Waals surface area contributed by atoms with Crippen molar-refractivity contribution in [1.82, 2.24) is 19.4 Å². The van der Waals surface area contributed by atoms with E-state index in [4.69, 9.17) is 9.97 Å². The van der Waals surface area contributed by atoms with Gasteiger partial charge in [0.1, 0.15) is 8.07 Å². The minimum Gasteiger partial charge on any atom is -0.369 e. The molecule has 0 atom stereocenters. The van der Waals surface area contributed by atoms with Gasteiger partial charge in [-0.15, -0.1) is 5.54 Å². The van der Waals surface area contributed by atoms with E-state index in [-0.39, 0.29) is 5.56 Å². The van der Waals surface area contributed by atoms with Gasteiger partial charge in [-0.2, -0.15) is 4.98 Å². The Kier molecular flexibility index (Phi) is 9.28. The van der Waals surface area contributed by atoms with Crippen molar-refractivity contribution in [2.24, 2.45) is 0 Å². The normalized spacial score (nSPS) is 14.4. The summed E-state index contributed by atoms with van der Waals surface area (Å²) in [6, 6.07) is 18.1. The zero-order chi connectivity index (χ0) is 31.6. The Bertz CT molecular complexity index is 1700. The molecule has 1 saturated heterocycles. The highest BCUT2D eigenvalue weighted by molar-refractivity contribution is 6.90. The lowest BCUT2D eigenvalue weighted by atomic mass is 10.1. The van der Waals surface area contributed by atoms with Gasteiger partial charge in [0, 0.05) is 54.9 Å². The van der Waals surface area contributed by atoms with Crippen molar-refractivity contribution in [3.63, 3.8) is 0 Å². The molecule has 0 bridgehead atoms. The highest BCUT2D eigenvalue weighted by Crippen LogP contribution is 2.41. The monoisotopic (exact) mass is 606 g/mol. The summed E-state index contributed by atoms with van der Waals surface area (Å²) in [6.07, 6.45) is 1.82. The van der Waals surface area contributed by atoms with E-state index < -0.39 is 8.07 Å². The highest BCUT2D eigenvalue weighted by Gasteiger charge is 2.41. The molecular formula is C36H46N6OSi. The SMILES string of the molecule is Cc1c(C#C[Si](C(C)C)(C(C)C)C(C)C)c2cnc(Nc3ccc(N4CCN(C)CC4)cc3)nc2n(-c2ccccc2)c1=O. The molecule has 0 aliphatic carbocycles. The number of para-hydroxylation sites is 1. The average Bonchev–Trinajstić information content (AvgIpc) is 3.00. The number of piperazine rings is 1. The number of anilines is 3. The summed E-state index contributed by atoms with van der Waals surface area (Å²) in [6.45, 7) is 19.9. The van der Waals surface area contributed by atoms with Gasteiger partial charge in [0.15, 0.2) is 5.65 Å². The number of hydrogen-bond acceptors (Lipinski definition) is 6. The minimum absolute atomic E-state index is 0.111. The van der Waals surface area contributed by atoms with E-state index in [1.807, 2.05) is 43.5 Å². The van der Waals surface area contributed by atoms with Crippen molar-refractivity contribution in [2.45, 2.75) is 65.1 Å². The van der Waals surface area contributed by atoms with Crippen molar-refractivity contribution in [1.29, 1.82) is 0 Å². The Morgan fingerprint density at radius 3 is 2.05 bits per heavy atom. The maximum Gasteiger partial charge on any atom is 0.260 e.